The summed E-state index contributed by atoms with van der Waals surface area (Å²) in [6.07, 6.45) is 5.53. The number of aryl methyl sites for hydroxylation is 1. The summed E-state index contributed by atoms with van der Waals surface area (Å²) < 4.78 is 19.7. The molecule has 216 valence electrons. The Morgan fingerprint density at radius 3 is 2.39 bits per heavy atom. The van der Waals surface area contributed by atoms with Gasteiger partial charge in [0.05, 0.1) is 0 Å². The number of halogens is 1. The molecule has 3 aromatic rings. The predicted octanol–water partition coefficient (Wildman–Crippen LogP) is 6.11. The molecule has 1 saturated heterocycles. The Morgan fingerprint density at radius 1 is 0.878 bits per heavy atom. The van der Waals surface area contributed by atoms with Crippen LogP contribution in [-0.2, 0) is 30.8 Å². The average molecular weight is 559 g/mol. The highest BCUT2D eigenvalue weighted by molar-refractivity contribution is 5.96. The van der Waals surface area contributed by atoms with E-state index in [0.717, 1.165) is 76.0 Å². The van der Waals surface area contributed by atoms with Crippen LogP contribution in [0.5, 0.6) is 5.75 Å². The van der Waals surface area contributed by atoms with Crippen molar-refractivity contribution in [3.8, 4) is 5.75 Å². The van der Waals surface area contributed by atoms with Crippen LogP contribution in [0.1, 0.15) is 64.7 Å². The molecule has 2 heterocycles. The van der Waals surface area contributed by atoms with Crippen molar-refractivity contribution in [3.63, 3.8) is 0 Å². The van der Waals surface area contributed by atoms with E-state index in [1.54, 1.807) is 6.07 Å². The number of piperidine rings is 1. The van der Waals surface area contributed by atoms with Gasteiger partial charge in [0, 0.05) is 42.7 Å². The van der Waals surface area contributed by atoms with Gasteiger partial charge in [-0.25, -0.2) is 9.18 Å². The molecule has 7 heteroatoms. The predicted molar refractivity (Wildman–Crippen MR) is 156 cm³/mol. The fraction of sp³-hybridized carbons (Fsp3) is 0.412. The van der Waals surface area contributed by atoms with Crippen molar-refractivity contribution < 1.29 is 23.8 Å². The van der Waals surface area contributed by atoms with E-state index in [2.05, 4.69) is 21.9 Å². The molecule has 6 nitrogen and oxygen atoms in total. The van der Waals surface area contributed by atoms with E-state index < -0.39 is 5.97 Å². The quantitative estimate of drug-likeness (QED) is 0.286. The fourth-order valence-corrected chi connectivity index (χ4v) is 6.07. The minimum Gasteiger partial charge on any atom is -0.482 e. The molecule has 1 fully saturated rings. The summed E-state index contributed by atoms with van der Waals surface area (Å²) in [5.41, 5.74) is 4.97. The Labute approximate surface area is 241 Å². The second kappa shape index (κ2) is 13.9. The van der Waals surface area contributed by atoms with Crippen molar-refractivity contribution in [2.75, 3.05) is 26.2 Å². The number of carboxylic acid groups (broad SMARTS) is 1. The Balaban J connectivity index is 1.11. The minimum atomic E-state index is -0.984. The second-order valence-electron chi connectivity index (χ2n) is 11.4. The van der Waals surface area contributed by atoms with Gasteiger partial charge in [-0.15, -0.1) is 0 Å². The van der Waals surface area contributed by atoms with Crippen LogP contribution in [0.25, 0.3) is 0 Å². The SMILES string of the molecule is O=C(O)COc1ccccc1CN1CCC(CCC(=O)c2ccc3c(c2)CN(Cc2ccccc2F)CCC3)CC1. The van der Waals surface area contributed by atoms with Crippen molar-refractivity contribution in [1.82, 2.24) is 9.80 Å². The van der Waals surface area contributed by atoms with Crippen LogP contribution in [0.15, 0.2) is 66.7 Å². The summed E-state index contributed by atoms with van der Waals surface area (Å²) in [6, 6.07) is 20.8. The van der Waals surface area contributed by atoms with Crippen LogP contribution in [0.3, 0.4) is 0 Å². The number of ketones is 1. The zero-order valence-electron chi connectivity index (χ0n) is 23.6. The van der Waals surface area contributed by atoms with E-state index >= 15 is 0 Å². The Bertz CT molecular complexity index is 1350. The molecule has 1 N–H and O–H groups in total. The minimum absolute atomic E-state index is 0.165. The third-order valence-corrected chi connectivity index (χ3v) is 8.40. The first kappa shape index (κ1) is 29.0. The normalized spacial score (nSPS) is 16.6. The lowest BCUT2D eigenvalue weighted by Gasteiger charge is -2.32. The number of nitrogens with zero attached hydrogens (tertiary/aromatic N) is 2. The molecule has 0 amide bonds. The average Bonchev–Trinajstić information content (AvgIpc) is 3.18. The zero-order chi connectivity index (χ0) is 28.6. The number of carboxylic acids is 1. The van der Waals surface area contributed by atoms with Crippen LogP contribution >= 0.6 is 0 Å². The molecule has 0 unspecified atom stereocenters. The summed E-state index contributed by atoms with van der Waals surface area (Å²) >= 11 is 0. The number of para-hydroxylation sites is 1. The summed E-state index contributed by atoms with van der Waals surface area (Å²) in [5.74, 6) is 0.193. The number of carbonyl (C=O) groups is 2. The smallest absolute Gasteiger partial charge is 0.341 e. The molecule has 2 aliphatic rings. The molecular weight excluding hydrogens is 519 g/mol. The first-order valence-electron chi connectivity index (χ1n) is 14.7. The molecule has 41 heavy (non-hydrogen) atoms. The standard InChI is InChI=1S/C34H39FN2O4/c35-31-9-3-1-6-28(31)21-37-17-5-8-26-12-13-27(20-30(26)23-37)32(38)14-11-25-15-18-36(19-16-25)22-29-7-2-4-10-33(29)41-24-34(39)40/h1-4,6-7,9-10,12-13,20,25H,5,8,11,14-19,21-24H2,(H,39,40). The first-order chi connectivity index (χ1) is 19.9. The van der Waals surface area contributed by atoms with E-state index in [0.29, 0.717) is 30.2 Å². The Kier molecular flexibility index (Phi) is 9.80. The van der Waals surface area contributed by atoms with Crippen LogP contribution < -0.4 is 4.74 Å². The van der Waals surface area contributed by atoms with E-state index in [-0.39, 0.29) is 18.2 Å². The van der Waals surface area contributed by atoms with Crippen molar-refractivity contribution in [2.45, 2.75) is 58.2 Å². The summed E-state index contributed by atoms with van der Waals surface area (Å²) in [6.45, 7) is 4.49. The highest BCUT2D eigenvalue weighted by Gasteiger charge is 2.22. The van der Waals surface area contributed by atoms with Gasteiger partial charge >= 0.3 is 5.97 Å². The second-order valence-corrected chi connectivity index (χ2v) is 11.4. The Morgan fingerprint density at radius 2 is 1.61 bits per heavy atom. The first-order valence-corrected chi connectivity index (χ1v) is 14.7. The number of aliphatic carboxylic acids is 1. The highest BCUT2D eigenvalue weighted by atomic mass is 19.1. The van der Waals surface area contributed by atoms with Crippen molar-refractivity contribution >= 4 is 11.8 Å². The summed E-state index contributed by atoms with van der Waals surface area (Å²) in [7, 11) is 0. The number of benzene rings is 3. The van der Waals surface area contributed by atoms with Gasteiger partial charge in [-0.2, -0.15) is 0 Å². The molecule has 0 saturated carbocycles. The molecule has 0 aliphatic carbocycles. The van der Waals surface area contributed by atoms with Gasteiger partial charge in [-0.1, -0.05) is 48.5 Å². The maximum absolute atomic E-state index is 14.2. The fourth-order valence-electron chi connectivity index (χ4n) is 6.07. The highest BCUT2D eigenvalue weighted by Crippen LogP contribution is 2.28. The lowest BCUT2D eigenvalue weighted by molar-refractivity contribution is -0.139. The maximum atomic E-state index is 14.2. The summed E-state index contributed by atoms with van der Waals surface area (Å²) in [4.78, 5) is 28.8. The number of rotatable bonds is 11. The number of hydrogen-bond donors (Lipinski definition) is 1. The van der Waals surface area contributed by atoms with E-state index in [4.69, 9.17) is 9.84 Å². The van der Waals surface area contributed by atoms with E-state index in [9.17, 15) is 14.0 Å². The van der Waals surface area contributed by atoms with Gasteiger partial charge in [-0.3, -0.25) is 14.6 Å². The Hall–Kier alpha value is -3.55. The van der Waals surface area contributed by atoms with E-state index in [1.165, 1.54) is 17.2 Å². The van der Waals surface area contributed by atoms with Crippen molar-refractivity contribution in [3.05, 3.63) is 100 Å². The molecule has 2 aliphatic heterocycles. The third-order valence-electron chi connectivity index (χ3n) is 8.40. The molecule has 0 bridgehead atoms. The van der Waals surface area contributed by atoms with Gasteiger partial charge in [0.25, 0.3) is 0 Å². The molecule has 0 radical (unpaired) electrons. The van der Waals surface area contributed by atoms with Gasteiger partial charge < -0.3 is 9.84 Å². The van der Waals surface area contributed by atoms with Gasteiger partial charge in [-0.05, 0) is 87.0 Å². The maximum Gasteiger partial charge on any atom is 0.341 e. The number of ether oxygens (including phenoxy) is 1. The lowest BCUT2D eigenvalue weighted by Crippen LogP contribution is -2.33. The van der Waals surface area contributed by atoms with Gasteiger partial charge in [0.1, 0.15) is 11.6 Å². The number of Topliss-reactive ketones (excluding diaryl/α,β-unsaturated/α-hetero) is 1. The third kappa shape index (κ3) is 8.02. The largest absolute Gasteiger partial charge is 0.482 e. The number of fused-ring (bicyclic) bond motifs is 1. The lowest BCUT2D eigenvalue weighted by atomic mass is 9.89. The number of hydrogen-bond acceptors (Lipinski definition) is 5. The monoisotopic (exact) mass is 558 g/mol. The van der Waals surface area contributed by atoms with Crippen LogP contribution in [0, 0.1) is 11.7 Å². The molecule has 0 aromatic heterocycles. The topological polar surface area (TPSA) is 70.1 Å². The molecule has 0 spiro atoms. The number of carbonyl (C=O) groups excluding carboxylic acids is 1. The molecule has 3 aromatic carbocycles. The van der Waals surface area contributed by atoms with Gasteiger partial charge in [0.15, 0.2) is 12.4 Å². The summed E-state index contributed by atoms with van der Waals surface area (Å²) in [5, 5.41) is 8.94. The zero-order valence-corrected chi connectivity index (χ0v) is 23.6. The van der Waals surface area contributed by atoms with Crippen molar-refractivity contribution in [2.24, 2.45) is 5.92 Å². The molecular formula is C34H39FN2O4. The van der Waals surface area contributed by atoms with Crippen LogP contribution in [0.4, 0.5) is 4.39 Å². The molecule has 5 rings (SSSR count). The van der Waals surface area contributed by atoms with Crippen LogP contribution in [-0.4, -0.2) is 52.9 Å². The number of likely N-dealkylation sites (tertiary alicyclic amines) is 1. The molecule has 0 atom stereocenters. The van der Waals surface area contributed by atoms with Crippen LogP contribution in [0.2, 0.25) is 0 Å². The van der Waals surface area contributed by atoms with Gasteiger partial charge in [0.2, 0.25) is 0 Å². The van der Waals surface area contributed by atoms with Crippen molar-refractivity contribution in [1.29, 1.82) is 0 Å². The van der Waals surface area contributed by atoms with E-state index in [1.807, 2.05) is 42.5 Å².